The van der Waals surface area contributed by atoms with Gasteiger partial charge in [-0.2, -0.15) is 0 Å². The molecule has 0 spiro atoms. The Morgan fingerprint density at radius 1 is 1.24 bits per heavy atom. The Labute approximate surface area is 129 Å². The molecule has 21 heavy (non-hydrogen) atoms. The Kier molecular flexibility index (Phi) is 6.90. The molecule has 3 heteroatoms. The molecule has 3 nitrogen and oxygen atoms in total. The van der Waals surface area contributed by atoms with Gasteiger partial charge in [-0.25, -0.2) is 0 Å². The highest BCUT2D eigenvalue weighted by atomic mass is 16.1. The zero-order valence-corrected chi connectivity index (χ0v) is 13.9. The van der Waals surface area contributed by atoms with Gasteiger partial charge in [0.1, 0.15) is 0 Å². The lowest BCUT2D eigenvalue weighted by Crippen LogP contribution is -2.31. The number of rotatable bonds is 7. The molecular weight excluding hydrogens is 260 g/mol. The van der Waals surface area contributed by atoms with E-state index in [1.165, 1.54) is 5.56 Å². The fraction of sp³-hybridized carbons (Fsp3) is 0.611. The Bertz CT molecular complexity index is 421. The minimum absolute atomic E-state index is 0.0778. The Balaban J connectivity index is 2.63. The maximum absolute atomic E-state index is 12.1. The third kappa shape index (κ3) is 7.86. The molecule has 2 atom stereocenters. The van der Waals surface area contributed by atoms with E-state index in [9.17, 15) is 4.79 Å². The van der Waals surface area contributed by atoms with Gasteiger partial charge >= 0.3 is 0 Å². The fourth-order valence-corrected chi connectivity index (χ4v) is 2.40. The number of amides is 1. The van der Waals surface area contributed by atoms with E-state index in [4.69, 9.17) is 5.73 Å². The van der Waals surface area contributed by atoms with Crippen LogP contribution in [0, 0.1) is 5.41 Å². The third-order valence-electron chi connectivity index (χ3n) is 3.42. The minimum Gasteiger partial charge on any atom is -0.349 e. The molecule has 118 valence electrons. The topological polar surface area (TPSA) is 55.1 Å². The van der Waals surface area contributed by atoms with Gasteiger partial charge in [-0.3, -0.25) is 4.79 Å². The first-order chi connectivity index (χ1) is 9.78. The molecule has 0 aliphatic heterocycles. The third-order valence-corrected chi connectivity index (χ3v) is 3.42. The van der Waals surface area contributed by atoms with E-state index in [2.05, 4.69) is 38.2 Å². The highest BCUT2D eigenvalue weighted by Gasteiger charge is 2.21. The van der Waals surface area contributed by atoms with Gasteiger partial charge in [0.05, 0.1) is 6.04 Å². The van der Waals surface area contributed by atoms with Crippen LogP contribution >= 0.6 is 0 Å². The molecule has 0 saturated carbocycles. The van der Waals surface area contributed by atoms with Crippen LogP contribution < -0.4 is 11.1 Å². The lowest BCUT2D eigenvalue weighted by Gasteiger charge is -2.27. The molecule has 0 aromatic heterocycles. The second kappa shape index (κ2) is 8.18. The highest BCUT2D eigenvalue weighted by Crippen LogP contribution is 2.29. The number of hydrogen-bond acceptors (Lipinski definition) is 2. The van der Waals surface area contributed by atoms with E-state index >= 15 is 0 Å². The average molecular weight is 290 g/mol. The van der Waals surface area contributed by atoms with Gasteiger partial charge < -0.3 is 11.1 Å². The number of nitrogens with one attached hydrogen (secondary N) is 1. The lowest BCUT2D eigenvalue weighted by atomic mass is 9.85. The van der Waals surface area contributed by atoms with Gasteiger partial charge in [0, 0.05) is 12.5 Å². The molecule has 3 N–H and O–H groups in total. The number of hydrogen-bond donors (Lipinski definition) is 2. The van der Waals surface area contributed by atoms with Crippen molar-refractivity contribution in [3.63, 3.8) is 0 Å². The lowest BCUT2D eigenvalue weighted by molar-refractivity contribution is -0.122. The summed E-state index contributed by atoms with van der Waals surface area (Å²) in [6.45, 7) is 8.58. The molecule has 1 aromatic rings. The van der Waals surface area contributed by atoms with Gasteiger partial charge in [0.25, 0.3) is 0 Å². The maximum Gasteiger partial charge on any atom is 0.220 e. The number of benzene rings is 1. The van der Waals surface area contributed by atoms with Gasteiger partial charge in [-0.15, -0.1) is 0 Å². The Morgan fingerprint density at radius 2 is 1.86 bits per heavy atom. The molecule has 0 saturated heterocycles. The van der Waals surface area contributed by atoms with Crippen molar-refractivity contribution in [2.24, 2.45) is 11.1 Å². The summed E-state index contributed by atoms with van der Waals surface area (Å²) >= 11 is 0. The summed E-state index contributed by atoms with van der Waals surface area (Å²) in [6.07, 6.45) is 3.22. The maximum atomic E-state index is 12.1. The quantitative estimate of drug-likeness (QED) is 0.802. The first-order valence-corrected chi connectivity index (χ1v) is 7.88. The first-order valence-electron chi connectivity index (χ1n) is 7.88. The highest BCUT2D eigenvalue weighted by molar-refractivity contribution is 5.76. The van der Waals surface area contributed by atoms with E-state index in [-0.39, 0.29) is 23.4 Å². The van der Waals surface area contributed by atoms with Crippen LogP contribution in [0.15, 0.2) is 30.3 Å². The summed E-state index contributed by atoms with van der Waals surface area (Å²) in [5.74, 6) is 0.119. The van der Waals surface area contributed by atoms with Gasteiger partial charge in [-0.05, 0) is 37.2 Å². The molecule has 2 unspecified atom stereocenters. The van der Waals surface area contributed by atoms with Gasteiger partial charge in [0.2, 0.25) is 5.91 Å². The van der Waals surface area contributed by atoms with E-state index in [0.717, 1.165) is 19.3 Å². The van der Waals surface area contributed by atoms with E-state index in [1.54, 1.807) is 0 Å². The number of carbonyl (C=O) groups excluding carboxylic acids is 1. The summed E-state index contributed by atoms with van der Waals surface area (Å²) in [7, 11) is 0. The zero-order chi connectivity index (χ0) is 15.9. The fourth-order valence-electron chi connectivity index (χ4n) is 2.40. The second-order valence-corrected chi connectivity index (χ2v) is 7.17. The molecule has 0 fully saturated rings. The van der Waals surface area contributed by atoms with Crippen molar-refractivity contribution in [2.45, 2.75) is 65.5 Å². The molecule has 0 aliphatic carbocycles. The van der Waals surface area contributed by atoms with Crippen LogP contribution in [0.4, 0.5) is 0 Å². The summed E-state index contributed by atoms with van der Waals surface area (Å²) in [6, 6.07) is 10.5. The largest absolute Gasteiger partial charge is 0.349 e. The molecule has 0 heterocycles. The van der Waals surface area contributed by atoms with Crippen molar-refractivity contribution in [1.82, 2.24) is 5.32 Å². The Hall–Kier alpha value is -1.35. The molecule has 1 amide bonds. The SMILES string of the molecule is CC(N)CCCC(=O)NC(CC(C)(C)C)c1ccccc1. The second-order valence-electron chi connectivity index (χ2n) is 7.17. The Morgan fingerprint density at radius 3 is 2.38 bits per heavy atom. The summed E-state index contributed by atoms with van der Waals surface area (Å²) in [5.41, 5.74) is 7.06. The number of nitrogens with two attached hydrogens (primary N) is 1. The van der Waals surface area contributed by atoms with Crippen molar-refractivity contribution in [1.29, 1.82) is 0 Å². The molecule has 0 bridgehead atoms. The average Bonchev–Trinajstić information content (AvgIpc) is 2.37. The van der Waals surface area contributed by atoms with Gasteiger partial charge in [0.15, 0.2) is 0 Å². The van der Waals surface area contributed by atoms with Crippen LogP contribution in [-0.2, 0) is 4.79 Å². The predicted molar refractivity (Wildman–Crippen MR) is 88.9 cm³/mol. The van der Waals surface area contributed by atoms with E-state index in [1.807, 2.05) is 25.1 Å². The smallest absolute Gasteiger partial charge is 0.220 e. The zero-order valence-electron chi connectivity index (χ0n) is 13.9. The molecule has 0 radical (unpaired) electrons. The summed E-state index contributed by atoms with van der Waals surface area (Å²) < 4.78 is 0. The summed E-state index contributed by atoms with van der Waals surface area (Å²) in [5, 5.41) is 3.18. The molecule has 1 aromatic carbocycles. The van der Waals surface area contributed by atoms with Crippen molar-refractivity contribution in [3.8, 4) is 0 Å². The summed E-state index contributed by atoms with van der Waals surface area (Å²) in [4.78, 5) is 12.1. The standard InChI is InChI=1S/C18H30N2O/c1-14(19)9-8-12-17(21)20-16(13-18(2,3)4)15-10-6-5-7-11-15/h5-7,10-11,14,16H,8-9,12-13,19H2,1-4H3,(H,20,21). The monoisotopic (exact) mass is 290 g/mol. The molecule has 0 aliphatic rings. The van der Waals surface area contributed by atoms with Crippen LogP contribution in [0.1, 0.15) is 65.0 Å². The predicted octanol–water partition coefficient (Wildman–Crippen LogP) is 3.80. The first kappa shape index (κ1) is 17.7. The van der Waals surface area contributed by atoms with Crippen LogP contribution in [0.5, 0.6) is 0 Å². The minimum atomic E-state index is 0.0778. The van der Waals surface area contributed by atoms with Crippen molar-refractivity contribution >= 4 is 5.91 Å². The number of carbonyl (C=O) groups is 1. The van der Waals surface area contributed by atoms with E-state index in [0.29, 0.717) is 6.42 Å². The molecular formula is C18H30N2O. The molecule has 1 rings (SSSR count). The van der Waals surface area contributed by atoms with E-state index < -0.39 is 0 Å². The van der Waals surface area contributed by atoms with Crippen molar-refractivity contribution < 1.29 is 4.79 Å². The van der Waals surface area contributed by atoms with Crippen LogP contribution in [0.25, 0.3) is 0 Å². The van der Waals surface area contributed by atoms with Gasteiger partial charge in [-0.1, -0.05) is 51.1 Å². The van der Waals surface area contributed by atoms with Crippen LogP contribution in [0.3, 0.4) is 0 Å². The van der Waals surface area contributed by atoms with Crippen LogP contribution in [-0.4, -0.2) is 11.9 Å². The normalized spacial score (nSPS) is 14.5. The van der Waals surface area contributed by atoms with Crippen molar-refractivity contribution in [2.75, 3.05) is 0 Å². The van der Waals surface area contributed by atoms with Crippen LogP contribution in [0.2, 0.25) is 0 Å². The van der Waals surface area contributed by atoms with Crippen molar-refractivity contribution in [3.05, 3.63) is 35.9 Å².